The highest BCUT2D eigenvalue weighted by Crippen LogP contribution is 2.31. The van der Waals surface area contributed by atoms with Gasteiger partial charge >= 0.3 is 0 Å². The van der Waals surface area contributed by atoms with Crippen molar-refractivity contribution in [2.45, 2.75) is 20.8 Å². The van der Waals surface area contributed by atoms with Crippen LogP contribution < -0.4 is 4.90 Å². The molecule has 3 rings (SSSR count). The second kappa shape index (κ2) is 6.48. The summed E-state index contributed by atoms with van der Waals surface area (Å²) in [6.07, 6.45) is 0. The molecule has 0 unspecified atom stereocenters. The summed E-state index contributed by atoms with van der Waals surface area (Å²) < 4.78 is 5.79. The van der Waals surface area contributed by atoms with Gasteiger partial charge in [0.05, 0.1) is 0 Å². The fourth-order valence-corrected chi connectivity index (χ4v) is 2.92. The van der Waals surface area contributed by atoms with Crippen molar-refractivity contribution in [2.75, 3.05) is 11.9 Å². The largest absolute Gasteiger partial charge is 0.507 e. The zero-order valence-electron chi connectivity index (χ0n) is 14.8. The number of para-hydroxylation sites is 1. The number of nitrogens with zero attached hydrogens (tertiary/aromatic N) is 1. The monoisotopic (exact) mass is 335 g/mol. The lowest BCUT2D eigenvalue weighted by Gasteiger charge is -2.18. The molecule has 0 bridgehead atoms. The Bertz CT molecular complexity index is 917. The van der Waals surface area contributed by atoms with Crippen LogP contribution in [0.4, 0.5) is 5.69 Å². The molecule has 0 saturated carbocycles. The number of rotatable bonds is 3. The van der Waals surface area contributed by atoms with E-state index >= 15 is 0 Å². The Balaban J connectivity index is 1.91. The van der Waals surface area contributed by atoms with Gasteiger partial charge in [-0.05, 0) is 67.8 Å². The van der Waals surface area contributed by atoms with Gasteiger partial charge in [-0.2, -0.15) is 0 Å². The molecule has 1 aromatic heterocycles. The molecular weight excluding hydrogens is 314 g/mol. The molecule has 1 N–H and O–H groups in total. The van der Waals surface area contributed by atoms with Crippen molar-refractivity contribution < 1.29 is 14.3 Å². The van der Waals surface area contributed by atoms with E-state index < -0.39 is 0 Å². The van der Waals surface area contributed by atoms with E-state index in [1.165, 1.54) is 0 Å². The first-order chi connectivity index (χ1) is 11.9. The third kappa shape index (κ3) is 3.15. The number of carbonyl (C=O) groups is 1. The highest BCUT2D eigenvalue weighted by atomic mass is 16.4. The third-order valence-electron chi connectivity index (χ3n) is 4.37. The lowest BCUT2D eigenvalue weighted by molar-refractivity contribution is 0.0967. The molecule has 3 aromatic rings. The molecule has 1 heterocycles. The SMILES string of the molecule is Cc1ccccc1N(C)C(=O)c1ccc(-c2cc(C)c(O)c(C)c2)o1. The topological polar surface area (TPSA) is 53.7 Å². The van der Waals surface area contributed by atoms with E-state index in [0.717, 1.165) is 27.9 Å². The number of phenolic OH excluding ortho intramolecular Hbond substituents is 1. The average Bonchev–Trinajstić information content (AvgIpc) is 3.08. The molecule has 0 aliphatic heterocycles. The Hall–Kier alpha value is -3.01. The van der Waals surface area contributed by atoms with Crippen LogP contribution in [0.15, 0.2) is 52.9 Å². The number of hydrogen-bond donors (Lipinski definition) is 1. The van der Waals surface area contributed by atoms with Crippen molar-refractivity contribution in [3.05, 3.63) is 71.0 Å². The molecule has 128 valence electrons. The summed E-state index contributed by atoms with van der Waals surface area (Å²) in [6.45, 7) is 5.65. The minimum Gasteiger partial charge on any atom is -0.507 e. The normalized spacial score (nSPS) is 10.7. The highest BCUT2D eigenvalue weighted by molar-refractivity contribution is 6.04. The fraction of sp³-hybridized carbons (Fsp3) is 0.190. The zero-order valence-corrected chi connectivity index (χ0v) is 14.8. The predicted octanol–water partition coefficient (Wildman–Crippen LogP) is 4.85. The van der Waals surface area contributed by atoms with Crippen molar-refractivity contribution in [3.63, 3.8) is 0 Å². The van der Waals surface area contributed by atoms with Crippen LogP contribution in [0.1, 0.15) is 27.2 Å². The summed E-state index contributed by atoms with van der Waals surface area (Å²) in [5, 5.41) is 9.90. The van der Waals surface area contributed by atoms with Gasteiger partial charge in [-0.1, -0.05) is 18.2 Å². The number of phenols is 1. The van der Waals surface area contributed by atoms with Gasteiger partial charge in [0.25, 0.3) is 5.91 Å². The van der Waals surface area contributed by atoms with Gasteiger partial charge in [0.15, 0.2) is 5.76 Å². The molecule has 0 spiro atoms. The van der Waals surface area contributed by atoms with E-state index in [1.807, 2.05) is 57.2 Å². The minimum absolute atomic E-state index is 0.201. The number of aromatic hydroxyl groups is 1. The van der Waals surface area contributed by atoms with Crippen LogP contribution >= 0.6 is 0 Å². The summed E-state index contributed by atoms with van der Waals surface area (Å²) in [7, 11) is 1.74. The molecule has 0 aliphatic rings. The summed E-state index contributed by atoms with van der Waals surface area (Å²) in [4.78, 5) is 14.3. The van der Waals surface area contributed by atoms with Gasteiger partial charge < -0.3 is 14.4 Å². The maximum Gasteiger partial charge on any atom is 0.293 e. The molecule has 4 nitrogen and oxygen atoms in total. The first-order valence-electron chi connectivity index (χ1n) is 8.12. The van der Waals surface area contributed by atoms with Gasteiger partial charge in [-0.15, -0.1) is 0 Å². The summed E-state index contributed by atoms with van der Waals surface area (Å²) in [5.41, 5.74) is 4.26. The summed E-state index contributed by atoms with van der Waals surface area (Å²) in [6, 6.07) is 14.9. The Morgan fingerprint density at radius 2 is 1.60 bits per heavy atom. The number of hydrogen-bond acceptors (Lipinski definition) is 3. The van der Waals surface area contributed by atoms with Crippen LogP contribution in [0.3, 0.4) is 0 Å². The lowest BCUT2D eigenvalue weighted by Crippen LogP contribution is -2.26. The van der Waals surface area contributed by atoms with E-state index in [0.29, 0.717) is 5.76 Å². The zero-order chi connectivity index (χ0) is 18.1. The van der Waals surface area contributed by atoms with Crippen molar-refractivity contribution in [2.24, 2.45) is 0 Å². The molecule has 0 atom stereocenters. The van der Waals surface area contributed by atoms with Gasteiger partial charge in [0, 0.05) is 18.3 Å². The first kappa shape index (κ1) is 16.8. The Kier molecular flexibility index (Phi) is 4.36. The molecule has 4 heteroatoms. The quantitative estimate of drug-likeness (QED) is 0.744. The van der Waals surface area contributed by atoms with Gasteiger partial charge in [0.2, 0.25) is 0 Å². The molecule has 0 radical (unpaired) electrons. The average molecular weight is 335 g/mol. The van der Waals surface area contributed by atoms with Gasteiger partial charge in [-0.25, -0.2) is 0 Å². The van der Waals surface area contributed by atoms with Crippen molar-refractivity contribution in [3.8, 4) is 17.1 Å². The van der Waals surface area contributed by atoms with Crippen LogP contribution in [0.5, 0.6) is 5.75 Å². The van der Waals surface area contributed by atoms with Crippen LogP contribution in [-0.2, 0) is 0 Å². The molecule has 2 aromatic carbocycles. The van der Waals surface area contributed by atoms with Crippen molar-refractivity contribution in [1.82, 2.24) is 0 Å². The number of anilines is 1. The fourth-order valence-electron chi connectivity index (χ4n) is 2.92. The molecule has 25 heavy (non-hydrogen) atoms. The van der Waals surface area contributed by atoms with Crippen LogP contribution in [0.25, 0.3) is 11.3 Å². The van der Waals surface area contributed by atoms with Crippen LogP contribution in [0, 0.1) is 20.8 Å². The second-order valence-corrected chi connectivity index (χ2v) is 6.27. The van der Waals surface area contributed by atoms with E-state index in [-0.39, 0.29) is 17.4 Å². The molecule has 0 saturated heterocycles. The Morgan fingerprint density at radius 1 is 0.960 bits per heavy atom. The van der Waals surface area contributed by atoms with Crippen LogP contribution in [-0.4, -0.2) is 18.1 Å². The maximum absolute atomic E-state index is 12.7. The number of amides is 1. The predicted molar refractivity (Wildman–Crippen MR) is 99.2 cm³/mol. The third-order valence-corrected chi connectivity index (χ3v) is 4.37. The lowest BCUT2D eigenvalue weighted by atomic mass is 10.0. The molecule has 0 fully saturated rings. The smallest absolute Gasteiger partial charge is 0.293 e. The maximum atomic E-state index is 12.7. The number of benzene rings is 2. The van der Waals surface area contributed by atoms with Crippen molar-refractivity contribution in [1.29, 1.82) is 0 Å². The van der Waals surface area contributed by atoms with Gasteiger partial charge in [-0.3, -0.25) is 4.79 Å². The first-order valence-corrected chi connectivity index (χ1v) is 8.12. The second-order valence-electron chi connectivity index (χ2n) is 6.27. The Morgan fingerprint density at radius 3 is 2.24 bits per heavy atom. The minimum atomic E-state index is -0.201. The molecular formula is C21H21NO3. The molecule has 0 aliphatic carbocycles. The number of carbonyl (C=O) groups excluding carboxylic acids is 1. The number of aryl methyl sites for hydroxylation is 3. The standard InChI is InChI=1S/C21H21NO3/c1-13-7-5-6-8-17(13)22(4)21(24)19-10-9-18(25-19)16-11-14(2)20(23)15(3)12-16/h5-12,23H,1-4H3. The van der Waals surface area contributed by atoms with E-state index in [9.17, 15) is 9.90 Å². The highest BCUT2D eigenvalue weighted by Gasteiger charge is 2.19. The number of furan rings is 1. The summed E-state index contributed by atoms with van der Waals surface area (Å²) in [5.74, 6) is 0.968. The van der Waals surface area contributed by atoms with E-state index in [1.54, 1.807) is 24.1 Å². The van der Waals surface area contributed by atoms with Crippen LogP contribution in [0.2, 0.25) is 0 Å². The summed E-state index contributed by atoms with van der Waals surface area (Å²) >= 11 is 0. The van der Waals surface area contributed by atoms with Crippen molar-refractivity contribution >= 4 is 11.6 Å². The van der Waals surface area contributed by atoms with E-state index in [2.05, 4.69) is 0 Å². The molecule has 1 amide bonds. The van der Waals surface area contributed by atoms with E-state index in [4.69, 9.17) is 4.42 Å². The van der Waals surface area contributed by atoms with Gasteiger partial charge in [0.1, 0.15) is 11.5 Å². The Labute approximate surface area is 147 Å².